The average Bonchev–Trinajstić information content (AvgIpc) is 3.53. The molecule has 34 heavy (non-hydrogen) atoms. The summed E-state index contributed by atoms with van der Waals surface area (Å²) < 4.78 is 5.06. The summed E-state index contributed by atoms with van der Waals surface area (Å²) in [5, 5.41) is 10.7. The van der Waals surface area contributed by atoms with E-state index in [1.165, 1.54) is 5.06 Å². The van der Waals surface area contributed by atoms with E-state index in [4.69, 9.17) is 15.1 Å². The molecule has 3 heterocycles. The Morgan fingerprint density at radius 2 is 2.09 bits per heavy atom. The Balaban J connectivity index is 1.32. The van der Waals surface area contributed by atoms with Gasteiger partial charge in [0.05, 0.1) is 36.2 Å². The lowest BCUT2D eigenvalue weighted by atomic mass is 10.1. The second-order valence-corrected chi connectivity index (χ2v) is 10.1. The Morgan fingerprint density at radius 1 is 1.35 bits per heavy atom. The smallest absolute Gasteiger partial charge is 0.241 e. The highest BCUT2D eigenvalue weighted by atomic mass is 32.2. The molecule has 0 spiro atoms. The van der Waals surface area contributed by atoms with Crippen LogP contribution >= 0.6 is 12.0 Å². The van der Waals surface area contributed by atoms with E-state index >= 15 is 0 Å². The van der Waals surface area contributed by atoms with Crippen LogP contribution in [0, 0.1) is 11.3 Å². The second-order valence-electron chi connectivity index (χ2n) is 9.31. The molecule has 11 heteroatoms. The highest BCUT2D eigenvalue weighted by Crippen LogP contribution is 2.38. The molecule has 2 bridgehead atoms. The monoisotopic (exact) mass is 488 g/mol. The Morgan fingerprint density at radius 3 is 2.74 bits per heavy atom. The van der Waals surface area contributed by atoms with Crippen LogP contribution in [0.4, 0.5) is 0 Å². The molecule has 3 aliphatic heterocycles. The molecule has 0 saturated carbocycles. The number of carbonyl (C=O) groups is 2. The van der Waals surface area contributed by atoms with E-state index in [1.807, 2.05) is 41.0 Å². The van der Waals surface area contributed by atoms with Crippen LogP contribution in [0.15, 0.2) is 29.2 Å². The van der Waals surface area contributed by atoms with Gasteiger partial charge in [0.25, 0.3) is 0 Å². The molecule has 3 saturated heterocycles. The highest BCUT2D eigenvalue weighted by Gasteiger charge is 2.51. The molecule has 4 rings (SSSR count). The molecule has 1 aromatic rings. The molecular weight excluding hydrogens is 456 g/mol. The first kappa shape index (κ1) is 24.9. The van der Waals surface area contributed by atoms with E-state index in [1.54, 1.807) is 19.0 Å². The van der Waals surface area contributed by atoms with Gasteiger partial charge in [-0.05, 0) is 43.9 Å². The zero-order chi connectivity index (χ0) is 24.4. The third-order valence-corrected chi connectivity index (χ3v) is 7.43. The van der Waals surface area contributed by atoms with Gasteiger partial charge in [0, 0.05) is 44.7 Å². The van der Waals surface area contributed by atoms with Crippen LogP contribution in [0.1, 0.15) is 37.8 Å². The van der Waals surface area contributed by atoms with E-state index in [2.05, 4.69) is 6.07 Å². The maximum absolute atomic E-state index is 13.2. The number of fused-ring (bicyclic) bond motifs is 2. The van der Waals surface area contributed by atoms with Crippen LogP contribution in [-0.2, 0) is 18.9 Å². The Hall–Kier alpha value is -2.20. The van der Waals surface area contributed by atoms with Crippen molar-refractivity contribution in [2.75, 3.05) is 33.7 Å². The number of carbonyl (C=O) groups excluding carboxylic acids is 2. The minimum Gasteiger partial charge on any atom is -0.330 e. The normalized spacial score (nSPS) is 26.4. The van der Waals surface area contributed by atoms with E-state index in [-0.39, 0.29) is 36.0 Å². The lowest BCUT2D eigenvalue weighted by molar-refractivity contribution is -0.340. The number of hydroxylamine groups is 2. The molecule has 0 radical (unpaired) electrons. The molecular formula is C23H32N6O4S. The van der Waals surface area contributed by atoms with E-state index < -0.39 is 6.04 Å². The Bertz CT molecular complexity index is 938. The van der Waals surface area contributed by atoms with Crippen molar-refractivity contribution in [2.24, 2.45) is 5.73 Å². The highest BCUT2D eigenvalue weighted by molar-refractivity contribution is 7.94. The first-order chi connectivity index (χ1) is 16.3. The van der Waals surface area contributed by atoms with Gasteiger partial charge in [-0.25, -0.2) is 0 Å². The number of nitrogens with zero attached hydrogens (tertiary/aromatic N) is 5. The minimum atomic E-state index is -0.726. The first-order valence-corrected chi connectivity index (χ1v) is 12.3. The summed E-state index contributed by atoms with van der Waals surface area (Å²) in [5.41, 5.74) is 7.28. The fourth-order valence-electron chi connectivity index (χ4n) is 5.18. The van der Waals surface area contributed by atoms with Gasteiger partial charge in [-0.1, -0.05) is 12.1 Å². The maximum atomic E-state index is 13.2. The van der Waals surface area contributed by atoms with E-state index in [9.17, 15) is 14.9 Å². The van der Waals surface area contributed by atoms with Crippen LogP contribution in [0.25, 0.3) is 0 Å². The quantitative estimate of drug-likeness (QED) is 0.312. The largest absolute Gasteiger partial charge is 0.330 e. The summed E-state index contributed by atoms with van der Waals surface area (Å²) in [4.78, 5) is 37.4. The van der Waals surface area contributed by atoms with Crippen molar-refractivity contribution >= 4 is 23.9 Å². The predicted molar refractivity (Wildman–Crippen MR) is 126 cm³/mol. The van der Waals surface area contributed by atoms with Gasteiger partial charge >= 0.3 is 0 Å². The lowest BCUT2D eigenvalue weighted by Gasteiger charge is -2.38. The van der Waals surface area contributed by atoms with Crippen molar-refractivity contribution in [1.82, 2.24) is 19.8 Å². The van der Waals surface area contributed by atoms with Crippen LogP contribution in [0.3, 0.4) is 0 Å². The van der Waals surface area contributed by atoms with Gasteiger partial charge in [-0.3, -0.25) is 14.5 Å². The number of likely N-dealkylation sites (tertiary alicyclic amines) is 3. The molecule has 3 fully saturated rings. The first-order valence-electron chi connectivity index (χ1n) is 11.6. The third-order valence-electron chi connectivity index (χ3n) is 6.84. The van der Waals surface area contributed by atoms with Crippen LogP contribution in [-0.4, -0.2) is 89.5 Å². The van der Waals surface area contributed by atoms with Crippen molar-refractivity contribution in [3.05, 3.63) is 29.8 Å². The average molecular weight is 489 g/mol. The topological polar surface area (TPSA) is 115 Å². The number of hydrogen-bond acceptors (Lipinski definition) is 9. The number of piperazine rings is 1. The van der Waals surface area contributed by atoms with Crippen LogP contribution in [0.5, 0.6) is 0 Å². The summed E-state index contributed by atoms with van der Waals surface area (Å²) in [6, 6.07) is 8.75. The van der Waals surface area contributed by atoms with Gasteiger partial charge in [0.1, 0.15) is 6.04 Å². The third kappa shape index (κ3) is 5.07. The van der Waals surface area contributed by atoms with Gasteiger partial charge in [0.2, 0.25) is 11.8 Å². The van der Waals surface area contributed by atoms with Crippen molar-refractivity contribution in [2.45, 2.75) is 61.3 Å². The van der Waals surface area contributed by atoms with Gasteiger partial charge in [-0.15, -0.1) is 9.32 Å². The maximum Gasteiger partial charge on any atom is 0.241 e. The number of benzene rings is 1. The van der Waals surface area contributed by atoms with Crippen LogP contribution < -0.4 is 5.73 Å². The summed E-state index contributed by atoms with van der Waals surface area (Å²) in [7, 11) is 3.47. The van der Waals surface area contributed by atoms with Crippen molar-refractivity contribution in [3.8, 4) is 6.07 Å². The summed E-state index contributed by atoms with van der Waals surface area (Å²) in [5.74, 6) is -0.108. The molecule has 5 atom stereocenters. The van der Waals surface area contributed by atoms with Crippen molar-refractivity contribution in [1.29, 1.82) is 5.26 Å². The van der Waals surface area contributed by atoms with Crippen molar-refractivity contribution in [3.63, 3.8) is 0 Å². The summed E-state index contributed by atoms with van der Waals surface area (Å²) in [6.45, 7) is 3.66. The molecule has 3 aliphatic rings. The van der Waals surface area contributed by atoms with E-state index in [0.717, 1.165) is 35.3 Å². The minimum absolute atomic E-state index is 0.0565. The van der Waals surface area contributed by atoms with Crippen molar-refractivity contribution < 1.29 is 18.9 Å². The zero-order valence-corrected chi connectivity index (χ0v) is 20.6. The Kier molecular flexibility index (Phi) is 7.77. The summed E-state index contributed by atoms with van der Waals surface area (Å²) in [6.07, 6.45) is 2.27. The molecule has 2 amide bonds. The molecule has 184 valence electrons. The SMILES string of the molecule is C[C@@H](c1ccc(SOON(C)C)cc1)N1C(=O)[C@H]2CC1CN2C[C@H](N)C(=O)N1CCC[C@H]1C#N. The Labute approximate surface area is 204 Å². The molecule has 2 N–H and O–H groups in total. The molecule has 10 nitrogen and oxygen atoms in total. The predicted octanol–water partition coefficient (Wildman–Crippen LogP) is 1.31. The fraction of sp³-hybridized carbons (Fsp3) is 0.609. The molecule has 1 unspecified atom stereocenters. The lowest BCUT2D eigenvalue weighted by Crippen LogP contribution is -2.56. The number of rotatable bonds is 9. The van der Waals surface area contributed by atoms with Gasteiger partial charge < -0.3 is 15.5 Å². The zero-order valence-electron chi connectivity index (χ0n) is 19.8. The number of hydrogen-bond donors (Lipinski definition) is 1. The second kappa shape index (κ2) is 10.6. The van der Waals surface area contributed by atoms with Gasteiger partial charge in [-0.2, -0.15) is 10.3 Å². The van der Waals surface area contributed by atoms with Gasteiger partial charge in [0.15, 0.2) is 0 Å². The molecule has 0 aromatic heterocycles. The fourth-order valence-corrected chi connectivity index (χ4v) is 5.66. The molecule has 1 aromatic carbocycles. The number of amides is 2. The van der Waals surface area contributed by atoms with Crippen LogP contribution in [0.2, 0.25) is 0 Å². The van der Waals surface area contributed by atoms with E-state index in [0.29, 0.717) is 26.1 Å². The number of nitrogens with two attached hydrogens (primary N) is 1. The molecule has 0 aliphatic carbocycles. The summed E-state index contributed by atoms with van der Waals surface area (Å²) >= 11 is 1.12. The number of nitriles is 1. The standard InChI is InChI=1S/C23H32N6O4S/c1-15(16-6-8-19(9-7-16)34-33-32-26(2)3)29-18-11-21(23(29)31)27(13-18)14-20(25)22(30)28-10-4-5-17(28)12-24/h6-9,15,17-18,20-21H,4-5,10-11,13-14,25H2,1-3H3/t15-,17-,18?,20-,21+/m0/s1.